The summed E-state index contributed by atoms with van der Waals surface area (Å²) in [4.78, 5) is 21.5. The average Bonchev–Trinajstić information content (AvgIpc) is 2.78. The predicted molar refractivity (Wildman–Crippen MR) is 133 cm³/mol. The van der Waals surface area contributed by atoms with Gasteiger partial charge in [0.1, 0.15) is 11.4 Å². The van der Waals surface area contributed by atoms with Gasteiger partial charge in [-0.15, -0.1) is 11.8 Å². The zero-order valence-electron chi connectivity index (χ0n) is 20.2. The van der Waals surface area contributed by atoms with Crippen LogP contribution in [-0.2, 0) is 21.4 Å². The lowest BCUT2D eigenvalue weighted by Crippen LogP contribution is -2.26. The molecule has 5 nitrogen and oxygen atoms in total. The number of benzene rings is 1. The van der Waals surface area contributed by atoms with Gasteiger partial charge in [0.05, 0.1) is 37.7 Å². The second-order valence-electron chi connectivity index (χ2n) is 8.86. The van der Waals surface area contributed by atoms with Crippen LogP contribution in [0.3, 0.4) is 0 Å². The SMILES string of the molecule is CCCCCCSc1cc2c(cc1C#Cc1cnc(CC(=O)OCC)cn1)C(C)(C)CCO2. The fourth-order valence-corrected chi connectivity index (χ4v) is 4.71. The van der Waals surface area contributed by atoms with Crippen LogP contribution in [0, 0.1) is 11.8 Å². The zero-order chi connectivity index (χ0) is 23.7. The van der Waals surface area contributed by atoms with E-state index in [1.54, 1.807) is 19.3 Å². The van der Waals surface area contributed by atoms with Crippen LogP contribution in [0.4, 0.5) is 0 Å². The standard InChI is InChI=1S/C27H34N2O3S/c1-5-7-8-9-14-33-25-17-24-23(27(3,4)12-13-32-24)15-20(25)10-11-21-18-29-22(19-28-21)16-26(30)31-6-2/h15,17-19H,5-9,12-14,16H2,1-4H3. The van der Waals surface area contributed by atoms with Gasteiger partial charge in [0.15, 0.2) is 0 Å². The summed E-state index contributed by atoms with van der Waals surface area (Å²) in [5.41, 5.74) is 3.43. The largest absolute Gasteiger partial charge is 0.493 e. The van der Waals surface area contributed by atoms with Crippen LogP contribution in [0.25, 0.3) is 0 Å². The molecule has 0 amide bonds. The van der Waals surface area contributed by atoms with Crippen molar-refractivity contribution >= 4 is 17.7 Å². The molecule has 0 radical (unpaired) electrons. The number of fused-ring (bicyclic) bond motifs is 1. The Morgan fingerprint density at radius 3 is 2.73 bits per heavy atom. The number of aromatic nitrogens is 2. The first-order valence-corrected chi connectivity index (χ1v) is 12.8. The van der Waals surface area contributed by atoms with Crippen LogP contribution < -0.4 is 4.74 Å². The smallest absolute Gasteiger partial charge is 0.311 e. The molecule has 0 atom stereocenters. The van der Waals surface area contributed by atoms with Gasteiger partial charge in [-0.3, -0.25) is 9.78 Å². The molecule has 0 saturated heterocycles. The molecule has 1 aromatic heterocycles. The summed E-state index contributed by atoms with van der Waals surface area (Å²) in [6.07, 6.45) is 9.28. The van der Waals surface area contributed by atoms with Crippen LogP contribution >= 0.6 is 11.8 Å². The molecular formula is C27H34N2O3S. The highest BCUT2D eigenvalue weighted by molar-refractivity contribution is 7.99. The van der Waals surface area contributed by atoms with Crippen molar-refractivity contribution in [3.8, 4) is 17.6 Å². The van der Waals surface area contributed by atoms with Crippen LogP contribution in [0.15, 0.2) is 29.4 Å². The summed E-state index contributed by atoms with van der Waals surface area (Å²) < 4.78 is 11.0. The van der Waals surface area contributed by atoms with Crippen molar-refractivity contribution in [1.29, 1.82) is 0 Å². The van der Waals surface area contributed by atoms with Crippen molar-refractivity contribution in [2.24, 2.45) is 0 Å². The van der Waals surface area contributed by atoms with E-state index < -0.39 is 0 Å². The number of unbranched alkanes of at least 4 members (excludes halogenated alkanes) is 3. The molecule has 0 saturated carbocycles. The van der Waals surface area contributed by atoms with Crippen LogP contribution in [0.2, 0.25) is 0 Å². The molecule has 0 N–H and O–H groups in total. The Bertz CT molecular complexity index is 1010. The summed E-state index contributed by atoms with van der Waals surface area (Å²) in [6, 6.07) is 4.36. The fourth-order valence-electron chi connectivity index (χ4n) is 3.69. The third-order valence-electron chi connectivity index (χ3n) is 5.71. The predicted octanol–water partition coefficient (Wildman–Crippen LogP) is 5.71. The summed E-state index contributed by atoms with van der Waals surface area (Å²) in [6.45, 7) is 9.65. The average molecular weight is 467 g/mol. The molecule has 1 aromatic carbocycles. The molecule has 2 heterocycles. The third kappa shape index (κ3) is 7.23. The Kier molecular flexibility index (Phi) is 9.20. The van der Waals surface area contributed by atoms with Crippen LogP contribution in [0.5, 0.6) is 5.75 Å². The number of nitrogens with zero attached hydrogens (tertiary/aromatic N) is 2. The van der Waals surface area contributed by atoms with E-state index >= 15 is 0 Å². The number of thioether (sulfide) groups is 1. The molecule has 1 aliphatic heterocycles. The van der Waals surface area contributed by atoms with Crippen molar-refractivity contribution in [2.75, 3.05) is 19.0 Å². The Morgan fingerprint density at radius 2 is 2.00 bits per heavy atom. The van der Waals surface area contributed by atoms with E-state index in [1.165, 1.54) is 31.2 Å². The molecular weight excluding hydrogens is 432 g/mol. The zero-order valence-corrected chi connectivity index (χ0v) is 21.0. The highest BCUT2D eigenvalue weighted by Crippen LogP contribution is 2.41. The summed E-state index contributed by atoms with van der Waals surface area (Å²) in [5, 5.41) is 0. The van der Waals surface area contributed by atoms with Gasteiger partial charge in [-0.1, -0.05) is 46.0 Å². The second-order valence-corrected chi connectivity index (χ2v) is 10.00. The number of esters is 1. The van der Waals surface area contributed by atoms with Crippen molar-refractivity contribution < 1.29 is 14.3 Å². The number of carbonyl (C=O) groups is 1. The molecule has 0 unspecified atom stereocenters. The van der Waals surface area contributed by atoms with Gasteiger partial charge in [0, 0.05) is 16.0 Å². The number of ether oxygens (including phenoxy) is 2. The Hall–Kier alpha value is -2.52. The second kappa shape index (κ2) is 12.1. The van der Waals surface area contributed by atoms with Crippen LogP contribution in [0.1, 0.15) is 82.3 Å². The molecule has 0 bridgehead atoms. The minimum absolute atomic E-state index is 0.0584. The monoisotopic (exact) mass is 466 g/mol. The maximum Gasteiger partial charge on any atom is 0.311 e. The summed E-state index contributed by atoms with van der Waals surface area (Å²) in [5.74, 6) is 8.24. The van der Waals surface area contributed by atoms with E-state index in [0.29, 0.717) is 18.0 Å². The molecule has 33 heavy (non-hydrogen) atoms. The highest BCUT2D eigenvalue weighted by Gasteiger charge is 2.29. The van der Waals surface area contributed by atoms with Gasteiger partial charge in [0.2, 0.25) is 0 Å². The first kappa shape index (κ1) is 25.1. The molecule has 1 aliphatic rings. The Morgan fingerprint density at radius 1 is 1.15 bits per heavy atom. The van der Waals surface area contributed by atoms with E-state index in [4.69, 9.17) is 9.47 Å². The molecule has 3 rings (SSSR count). The molecule has 0 aliphatic carbocycles. The Labute approximate surface area is 202 Å². The van der Waals surface area contributed by atoms with Gasteiger partial charge >= 0.3 is 5.97 Å². The normalized spacial score (nSPS) is 13.9. The van der Waals surface area contributed by atoms with Crippen molar-refractivity contribution in [2.45, 2.75) is 76.5 Å². The summed E-state index contributed by atoms with van der Waals surface area (Å²) in [7, 11) is 0. The highest BCUT2D eigenvalue weighted by atomic mass is 32.2. The van der Waals surface area contributed by atoms with Gasteiger partial charge < -0.3 is 9.47 Å². The topological polar surface area (TPSA) is 61.3 Å². The first-order valence-electron chi connectivity index (χ1n) is 11.9. The van der Waals surface area contributed by atoms with E-state index in [0.717, 1.165) is 35.0 Å². The lowest BCUT2D eigenvalue weighted by Gasteiger charge is -2.33. The first-order chi connectivity index (χ1) is 15.9. The molecule has 2 aromatic rings. The van der Waals surface area contributed by atoms with Gasteiger partial charge in [-0.2, -0.15) is 0 Å². The van der Waals surface area contributed by atoms with Crippen molar-refractivity contribution in [1.82, 2.24) is 9.97 Å². The van der Waals surface area contributed by atoms with Gasteiger partial charge in [-0.05, 0) is 49.0 Å². The van der Waals surface area contributed by atoms with E-state index in [1.807, 2.05) is 11.8 Å². The number of hydrogen-bond donors (Lipinski definition) is 0. The van der Waals surface area contributed by atoms with Crippen molar-refractivity contribution in [3.05, 3.63) is 47.0 Å². The van der Waals surface area contributed by atoms with Crippen molar-refractivity contribution in [3.63, 3.8) is 0 Å². The maximum absolute atomic E-state index is 11.6. The van der Waals surface area contributed by atoms with Gasteiger partial charge in [0.25, 0.3) is 0 Å². The van der Waals surface area contributed by atoms with E-state index in [-0.39, 0.29) is 17.8 Å². The minimum atomic E-state index is -0.301. The quantitative estimate of drug-likeness (QED) is 0.204. The van der Waals surface area contributed by atoms with E-state index in [2.05, 4.69) is 54.7 Å². The number of rotatable bonds is 9. The number of hydrogen-bond acceptors (Lipinski definition) is 6. The maximum atomic E-state index is 11.6. The Balaban J connectivity index is 1.82. The molecule has 0 fully saturated rings. The fraction of sp³-hybridized carbons (Fsp3) is 0.519. The summed E-state index contributed by atoms with van der Waals surface area (Å²) >= 11 is 1.85. The molecule has 176 valence electrons. The third-order valence-corrected chi connectivity index (χ3v) is 6.85. The van der Waals surface area contributed by atoms with Gasteiger partial charge in [-0.25, -0.2) is 4.98 Å². The lowest BCUT2D eigenvalue weighted by molar-refractivity contribution is -0.142. The number of carbonyl (C=O) groups excluding carboxylic acids is 1. The molecule has 6 heteroatoms. The minimum Gasteiger partial charge on any atom is -0.493 e. The lowest BCUT2D eigenvalue weighted by atomic mass is 9.79. The van der Waals surface area contributed by atoms with E-state index in [9.17, 15) is 4.79 Å². The molecule has 0 spiro atoms. The van der Waals surface area contributed by atoms with Crippen LogP contribution in [-0.4, -0.2) is 34.9 Å².